The number of ether oxygens (including phenoxy) is 5. The van der Waals surface area contributed by atoms with Crippen molar-refractivity contribution < 1.29 is 44.1 Å². The molecule has 0 aromatic heterocycles. The molecule has 1 fully saturated rings. The monoisotopic (exact) mass is 794 g/mol. The summed E-state index contributed by atoms with van der Waals surface area (Å²) in [5.41, 5.74) is 8.38. The van der Waals surface area contributed by atoms with Crippen LogP contribution in [0.3, 0.4) is 0 Å². The Morgan fingerprint density at radius 2 is 1.64 bits per heavy atom. The van der Waals surface area contributed by atoms with Crippen LogP contribution in [0.1, 0.15) is 116 Å². The summed E-state index contributed by atoms with van der Waals surface area (Å²) in [6.07, 6.45) is 4.88. The second-order valence-corrected chi connectivity index (χ2v) is 16.6. The van der Waals surface area contributed by atoms with E-state index in [1.807, 2.05) is 24.3 Å². The minimum atomic E-state index is -1.03. The first-order valence-electron chi connectivity index (χ1n) is 21.0. The molecule has 0 bridgehead atoms. The van der Waals surface area contributed by atoms with Gasteiger partial charge in [-0.3, -0.25) is 5.32 Å². The maximum absolute atomic E-state index is 12.4. The van der Waals surface area contributed by atoms with Crippen LogP contribution >= 0.6 is 0 Å². The zero-order valence-corrected chi connectivity index (χ0v) is 34.3. The van der Waals surface area contributed by atoms with Crippen LogP contribution in [0.4, 0.5) is 5.69 Å². The zero-order valence-electron chi connectivity index (χ0n) is 34.3. The Bertz CT molecular complexity index is 2140. The van der Waals surface area contributed by atoms with Crippen molar-refractivity contribution in [1.29, 1.82) is 0 Å². The fraction of sp³-hybridized carbons (Fsp3) is 0.489. The molecule has 4 aromatic carbocycles. The standard InChI is InChI=1S/C47H58N2O9/c1-6-48-47(16-10-7-11-17-47)58-37-22-35(54-4)31-14-15-32-40-34(49-46(53)43(37)42(31)40)21-36-41(32)44(51)33(25-57-36)29-19-38(55-5)45(52)39(20-29)56-24-27(23-50)18-28-12-8-9-13-30(28)26(2)3/h8-9,12-13,19-22,26-27,33,44,46,48-53H,6-7,10-11,14-18,23-25H2,1-5H3/t27-,33-,44-,46-/m0/s1. The number of phenolic OH excluding ortho intramolecular Hbond substituents is 1. The molecular formula is C47H58N2O9. The Hall–Kier alpha value is -4.68. The summed E-state index contributed by atoms with van der Waals surface area (Å²) in [7, 11) is 3.16. The van der Waals surface area contributed by atoms with Crippen LogP contribution < -0.4 is 34.3 Å². The largest absolute Gasteiger partial charge is 0.502 e. The van der Waals surface area contributed by atoms with Crippen LogP contribution in [0.25, 0.3) is 11.1 Å². The maximum Gasteiger partial charge on any atom is 0.200 e. The molecule has 8 rings (SSSR count). The lowest BCUT2D eigenvalue weighted by molar-refractivity contribution is -0.00334. The van der Waals surface area contributed by atoms with Crippen LogP contribution in [-0.2, 0) is 19.3 Å². The van der Waals surface area contributed by atoms with E-state index in [1.165, 1.54) is 12.7 Å². The molecule has 310 valence electrons. The molecule has 4 atom stereocenters. The number of benzene rings is 4. The Morgan fingerprint density at radius 3 is 2.36 bits per heavy atom. The number of aliphatic hydroxyl groups is 3. The molecule has 2 aliphatic carbocycles. The molecule has 0 unspecified atom stereocenters. The van der Waals surface area contributed by atoms with E-state index >= 15 is 0 Å². The number of methoxy groups -OCH3 is 2. The number of aromatic hydroxyl groups is 1. The third-order valence-corrected chi connectivity index (χ3v) is 12.7. The van der Waals surface area contributed by atoms with E-state index in [0.29, 0.717) is 59.1 Å². The fourth-order valence-electron chi connectivity index (χ4n) is 9.85. The van der Waals surface area contributed by atoms with E-state index in [-0.39, 0.29) is 43.0 Å². The number of rotatable bonds is 14. The van der Waals surface area contributed by atoms with Gasteiger partial charge in [0.1, 0.15) is 17.2 Å². The van der Waals surface area contributed by atoms with Crippen molar-refractivity contribution in [2.75, 3.05) is 45.9 Å². The lowest BCUT2D eigenvalue weighted by Crippen LogP contribution is -2.51. The summed E-state index contributed by atoms with van der Waals surface area (Å²) in [5, 5.41) is 52.7. The number of hydrogen-bond donors (Lipinski definition) is 6. The summed E-state index contributed by atoms with van der Waals surface area (Å²) < 4.78 is 31.3. The van der Waals surface area contributed by atoms with Gasteiger partial charge in [0.25, 0.3) is 0 Å². The summed E-state index contributed by atoms with van der Waals surface area (Å²) in [6, 6.07) is 15.5. The Kier molecular flexibility index (Phi) is 11.4. The molecule has 1 saturated carbocycles. The van der Waals surface area contributed by atoms with Gasteiger partial charge in [-0.2, -0.15) is 0 Å². The molecule has 0 radical (unpaired) electrons. The van der Waals surface area contributed by atoms with E-state index in [1.54, 1.807) is 19.2 Å². The minimum Gasteiger partial charge on any atom is -0.502 e. The first-order chi connectivity index (χ1) is 28.1. The van der Waals surface area contributed by atoms with Crippen molar-refractivity contribution in [3.05, 3.63) is 87.5 Å². The molecule has 58 heavy (non-hydrogen) atoms. The first kappa shape index (κ1) is 40.1. The predicted molar refractivity (Wildman–Crippen MR) is 223 cm³/mol. The van der Waals surface area contributed by atoms with Crippen molar-refractivity contribution in [2.45, 2.75) is 102 Å². The third kappa shape index (κ3) is 7.20. The van der Waals surface area contributed by atoms with Gasteiger partial charge < -0.3 is 49.4 Å². The van der Waals surface area contributed by atoms with Crippen molar-refractivity contribution >= 4 is 5.69 Å². The van der Waals surface area contributed by atoms with E-state index in [9.17, 15) is 20.4 Å². The van der Waals surface area contributed by atoms with Gasteiger partial charge in [0.15, 0.2) is 23.5 Å². The van der Waals surface area contributed by atoms with Gasteiger partial charge in [-0.1, -0.05) is 51.5 Å². The number of anilines is 1. The lowest BCUT2D eigenvalue weighted by Gasteiger charge is -2.42. The highest BCUT2D eigenvalue weighted by Crippen LogP contribution is 2.58. The van der Waals surface area contributed by atoms with Crippen molar-refractivity contribution in [3.63, 3.8) is 0 Å². The SMILES string of the molecule is CCNC1(Oc2cc(OC)c3c4c2[C@H](O)Nc2cc5c(c(c2-4)CC3)[C@@H](O)[C@H](c2cc(OC)c(O)c(OC[C@H](CO)Cc3ccccc3C(C)C)c2)CO5)CCCCC1. The van der Waals surface area contributed by atoms with Gasteiger partial charge in [-0.05, 0) is 79.0 Å². The Labute approximate surface area is 341 Å². The molecule has 4 aromatic rings. The average Bonchev–Trinajstić information content (AvgIpc) is 3.22. The summed E-state index contributed by atoms with van der Waals surface area (Å²) in [4.78, 5) is 0. The van der Waals surface area contributed by atoms with Gasteiger partial charge in [0.05, 0.1) is 39.1 Å². The van der Waals surface area contributed by atoms with Gasteiger partial charge in [0.2, 0.25) is 5.75 Å². The van der Waals surface area contributed by atoms with Crippen molar-refractivity contribution in [3.8, 4) is 45.6 Å². The van der Waals surface area contributed by atoms with Crippen LogP contribution in [0, 0.1) is 5.92 Å². The van der Waals surface area contributed by atoms with Crippen LogP contribution in [0.2, 0.25) is 0 Å². The van der Waals surface area contributed by atoms with Crippen LogP contribution in [-0.4, -0.2) is 66.7 Å². The second kappa shape index (κ2) is 16.5. The topological polar surface area (TPSA) is 151 Å². The number of hydrogen-bond acceptors (Lipinski definition) is 11. The molecular weight excluding hydrogens is 737 g/mol. The van der Waals surface area contributed by atoms with Crippen molar-refractivity contribution in [2.24, 2.45) is 5.92 Å². The van der Waals surface area contributed by atoms with Gasteiger partial charge in [-0.15, -0.1) is 0 Å². The first-order valence-corrected chi connectivity index (χ1v) is 21.0. The number of fused-ring (bicyclic) bond motifs is 2. The predicted octanol–water partition coefficient (Wildman–Crippen LogP) is 7.80. The number of nitrogens with one attached hydrogen (secondary N) is 2. The van der Waals surface area contributed by atoms with Gasteiger partial charge in [0, 0.05) is 71.4 Å². The van der Waals surface area contributed by atoms with E-state index in [2.05, 4.69) is 43.5 Å². The molecule has 0 saturated heterocycles. The molecule has 2 aliphatic heterocycles. The van der Waals surface area contributed by atoms with Crippen LogP contribution in [0.5, 0.6) is 34.5 Å². The Morgan fingerprint density at radius 1 is 0.897 bits per heavy atom. The molecule has 11 heteroatoms. The third-order valence-electron chi connectivity index (χ3n) is 12.7. The lowest BCUT2D eigenvalue weighted by atomic mass is 9.74. The smallest absolute Gasteiger partial charge is 0.200 e. The normalized spacial score (nSPS) is 20.6. The maximum atomic E-state index is 12.4. The molecule has 0 spiro atoms. The molecule has 11 nitrogen and oxygen atoms in total. The quantitative estimate of drug-likeness (QED) is 0.0694. The molecule has 6 N–H and O–H groups in total. The highest BCUT2D eigenvalue weighted by Gasteiger charge is 2.43. The highest BCUT2D eigenvalue weighted by atomic mass is 16.5. The zero-order chi connectivity index (χ0) is 40.7. The van der Waals surface area contributed by atoms with Crippen LogP contribution in [0.15, 0.2) is 48.5 Å². The summed E-state index contributed by atoms with van der Waals surface area (Å²) in [6.45, 7) is 7.39. The Balaban J connectivity index is 1.13. The summed E-state index contributed by atoms with van der Waals surface area (Å²) >= 11 is 0. The minimum absolute atomic E-state index is 0.0875. The molecule has 4 aliphatic rings. The van der Waals surface area contributed by atoms with Gasteiger partial charge in [-0.25, -0.2) is 0 Å². The van der Waals surface area contributed by atoms with E-state index in [0.717, 1.165) is 72.2 Å². The van der Waals surface area contributed by atoms with E-state index < -0.39 is 24.0 Å². The van der Waals surface area contributed by atoms with E-state index in [4.69, 9.17) is 23.7 Å². The number of phenols is 1. The highest BCUT2D eigenvalue weighted by molar-refractivity contribution is 5.93. The molecule has 2 heterocycles. The van der Waals surface area contributed by atoms with Gasteiger partial charge >= 0.3 is 0 Å². The summed E-state index contributed by atoms with van der Waals surface area (Å²) in [5.74, 6) is 1.73. The average molecular weight is 795 g/mol. The number of aliphatic hydroxyl groups excluding tert-OH is 3. The second-order valence-electron chi connectivity index (χ2n) is 16.6. The molecule has 0 amide bonds. The van der Waals surface area contributed by atoms with Crippen molar-refractivity contribution in [1.82, 2.24) is 5.32 Å². The fourth-order valence-corrected chi connectivity index (χ4v) is 9.85.